The van der Waals surface area contributed by atoms with Gasteiger partial charge >= 0.3 is 6.18 Å². The van der Waals surface area contributed by atoms with Crippen LogP contribution in [0.25, 0.3) is 10.9 Å². The molecule has 0 saturated heterocycles. The summed E-state index contributed by atoms with van der Waals surface area (Å²) in [4.78, 5) is 4.43. The van der Waals surface area contributed by atoms with Gasteiger partial charge in [0.15, 0.2) is 5.54 Å². The Bertz CT molecular complexity index is 1680. The molecule has 0 amide bonds. The van der Waals surface area contributed by atoms with Crippen LogP contribution in [0.3, 0.4) is 0 Å². The molecule has 2 fully saturated rings. The molecular weight excluding hydrogens is 560 g/mol. The van der Waals surface area contributed by atoms with E-state index in [1.165, 1.54) is 24.5 Å². The van der Waals surface area contributed by atoms with Crippen LogP contribution < -0.4 is 21.6 Å². The number of alkyl halides is 3. The van der Waals surface area contributed by atoms with Crippen molar-refractivity contribution in [3.63, 3.8) is 0 Å². The predicted molar refractivity (Wildman–Crippen MR) is 153 cm³/mol. The second kappa shape index (κ2) is 10.3. The monoisotopic (exact) mass is 590 g/mol. The van der Waals surface area contributed by atoms with Gasteiger partial charge in [-0.15, -0.1) is 5.53 Å². The topological polar surface area (TPSA) is 112 Å². The number of hydrazine groups is 2. The van der Waals surface area contributed by atoms with Crippen LogP contribution >= 0.6 is 0 Å². The average Bonchev–Trinajstić information content (AvgIpc) is 3.54. The summed E-state index contributed by atoms with van der Waals surface area (Å²) >= 11 is 0. The zero-order chi connectivity index (χ0) is 30.6. The van der Waals surface area contributed by atoms with Crippen molar-refractivity contribution in [2.24, 2.45) is 5.41 Å². The van der Waals surface area contributed by atoms with Gasteiger partial charge < -0.3 is 16.1 Å². The van der Waals surface area contributed by atoms with E-state index in [4.69, 9.17) is 0 Å². The lowest BCUT2D eigenvalue weighted by atomic mass is 9.87. The van der Waals surface area contributed by atoms with E-state index >= 15 is 0 Å². The molecule has 1 aromatic heterocycles. The van der Waals surface area contributed by atoms with Crippen LogP contribution in [0.15, 0.2) is 54.5 Å². The van der Waals surface area contributed by atoms with Gasteiger partial charge in [-0.2, -0.15) is 23.7 Å². The van der Waals surface area contributed by atoms with Crippen molar-refractivity contribution in [2.45, 2.75) is 69.8 Å². The minimum absolute atomic E-state index is 0.00125. The largest absolute Gasteiger partial charge is 0.413 e. The van der Waals surface area contributed by atoms with E-state index in [1.807, 2.05) is 0 Å². The van der Waals surface area contributed by atoms with Gasteiger partial charge in [0.2, 0.25) is 0 Å². The Morgan fingerprint density at radius 1 is 1.07 bits per heavy atom. The first kappa shape index (κ1) is 28.6. The van der Waals surface area contributed by atoms with Crippen LogP contribution in [0.1, 0.15) is 68.7 Å². The quantitative estimate of drug-likeness (QED) is 0.230. The summed E-state index contributed by atoms with van der Waals surface area (Å²) < 4.78 is 55.4. The number of hydrogen-bond donors (Lipinski definition) is 4. The number of nitrogens with one attached hydrogen (secondary N) is 4. The van der Waals surface area contributed by atoms with E-state index in [0.29, 0.717) is 39.1 Å². The zero-order valence-corrected chi connectivity index (χ0v) is 23.6. The average molecular weight is 591 g/mol. The van der Waals surface area contributed by atoms with Crippen LogP contribution in [-0.4, -0.2) is 27.7 Å². The van der Waals surface area contributed by atoms with Gasteiger partial charge in [-0.25, -0.2) is 4.39 Å². The minimum atomic E-state index is -4.44. The number of fused-ring (bicyclic) bond motifs is 1. The van der Waals surface area contributed by atoms with Crippen molar-refractivity contribution < 1.29 is 17.6 Å². The first-order valence-corrected chi connectivity index (χ1v) is 14.1. The highest BCUT2D eigenvalue weighted by Crippen LogP contribution is 2.54. The first-order valence-electron chi connectivity index (χ1n) is 14.1. The molecule has 43 heavy (non-hydrogen) atoms. The fourth-order valence-electron chi connectivity index (χ4n) is 6.13. The smallest absolute Gasteiger partial charge is 0.380 e. The fourth-order valence-corrected chi connectivity index (χ4v) is 6.13. The first-order chi connectivity index (χ1) is 20.5. The number of nitrogens with zero attached hydrogens (tertiary/aromatic N) is 4. The highest BCUT2D eigenvalue weighted by Gasteiger charge is 2.67. The molecule has 2 heterocycles. The van der Waals surface area contributed by atoms with E-state index < -0.39 is 23.6 Å². The van der Waals surface area contributed by atoms with Gasteiger partial charge in [-0.3, -0.25) is 9.99 Å². The Morgan fingerprint density at radius 2 is 1.79 bits per heavy atom. The zero-order valence-electron chi connectivity index (χ0n) is 23.6. The van der Waals surface area contributed by atoms with Crippen molar-refractivity contribution in [1.82, 2.24) is 21.0 Å². The summed E-state index contributed by atoms with van der Waals surface area (Å²) in [6.07, 6.45) is 1.34. The number of nitriles is 2. The molecule has 222 valence electrons. The maximum atomic E-state index is 13.9. The molecule has 12 heteroatoms. The third-order valence-electron chi connectivity index (χ3n) is 8.91. The van der Waals surface area contributed by atoms with Gasteiger partial charge in [-0.1, -0.05) is 32.4 Å². The number of rotatable bonds is 7. The molecule has 3 aromatic rings. The molecule has 3 aliphatic rings. The molecule has 2 aliphatic carbocycles. The van der Waals surface area contributed by atoms with E-state index in [1.54, 1.807) is 24.3 Å². The maximum Gasteiger partial charge on any atom is 0.413 e. The lowest BCUT2D eigenvalue weighted by Gasteiger charge is -2.29. The summed E-state index contributed by atoms with van der Waals surface area (Å²) in [5.41, 5.74) is 6.53. The van der Waals surface area contributed by atoms with Crippen molar-refractivity contribution in [2.75, 3.05) is 10.6 Å². The van der Waals surface area contributed by atoms with Crippen LogP contribution in [0, 0.1) is 33.9 Å². The second-order valence-corrected chi connectivity index (χ2v) is 12.1. The Balaban J connectivity index is 1.43. The Kier molecular flexibility index (Phi) is 6.85. The standard InChI is InChI=1S/C31H30F4N8/c1-29(2)9-3-4-25(29)40-27-20(15-37)16-38-26-19(14-36)12-22(13-23(26)27)39-28(18-5-7-21(32)8-6-18)24-17-43(42-41-24)30(10-11-30)31(33,34)35/h5-8,12-13,16-17,25,28,39,41-42H,3-4,9-11H2,1-2H3,(H,38,40). The fraction of sp³-hybridized carbons (Fsp3) is 0.387. The summed E-state index contributed by atoms with van der Waals surface area (Å²) in [5, 5.41) is 28.5. The van der Waals surface area contributed by atoms with Crippen LogP contribution in [0.4, 0.5) is 28.9 Å². The third kappa shape index (κ3) is 5.06. The maximum absolute atomic E-state index is 13.9. The van der Waals surface area contributed by atoms with Gasteiger partial charge in [0.05, 0.1) is 34.1 Å². The molecule has 8 nitrogen and oxygen atoms in total. The van der Waals surface area contributed by atoms with Crippen molar-refractivity contribution in [1.29, 1.82) is 10.5 Å². The van der Waals surface area contributed by atoms with Crippen molar-refractivity contribution in [3.05, 3.63) is 77.0 Å². The Morgan fingerprint density at radius 3 is 2.40 bits per heavy atom. The molecular formula is C31H30F4N8. The minimum Gasteiger partial charge on any atom is -0.380 e. The lowest BCUT2D eigenvalue weighted by molar-refractivity contribution is -0.195. The molecule has 2 unspecified atom stereocenters. The number of benzene rings is 2. The molecule has 4 N–H and O–H groups in total. The molecule has 6 rings (SSSR count). The number of pyridine rings is 1. The summed E-state index contributed by atoms with van der Waals surface area (Å²) in [6.45, 7) is 4.36. The molecule has 1 aliphatic heterocycles. The van der Waals surface area contributed by atoms with Gasteiger partial charge in [0, 0.05) is 29.5 Å². The van der Waals surface area contributed by atoms with Crippen LogP contribution in [-0.2, 0) is 0 Å². The van der Waals surface area contributed by atoms with Gasteiger partial charge in [0.25, 0.3) is 0 Å². The van der Waals surface area contributed by atoms with E-state index in [9.17, 15) is 28.1 Å². The Hall–Kier alpha value is -4.55. The summed E-state index contributed by atoms with van der Waals surface area (Å²) in [7, 11) is 0. The van der Waals surface area contributed by atoms with Gasteiger partial charge in [0.1, 0.15) is 18.0 Å². The predicted octanol–water partition coefficient (Wildman–Crippen LogP) is 6.52. The van der Waals surface area contributed by atoms with Crippen LogP contribution in [0.5, 0.6) is 0 Å². The summed E-state index contributed by atoms with van der Waals surface area (Å²) in [6, 6.07) is 12.8. The van der Waals surface area contributed by atoms with E-state index in [-0.39, 0.29) is 29.9 Å². The van der Waals surface area contributed by atoms with E-state index in [0.717, 1.165) is 24.3 Å². The summed E-state index contributed by atoms with van der Waals surface area (Å²) in [5.74, 6) is -0.456. The highest BCUT2D eigenvalue weighted by atomic mass is 19.4. The SMILES string of the molecule is CC1(C)CCCC1Nc1c(C#N)cnc2c(C#N)cc(NC(C3=CN(C4(C(F)(F)F)CC4)NN3)c3ccc(F)cc3)cc12. The second-order valence-electron chi connectivity index (χ2n) is 12.1. The molecule has 0 spiro atoms. The normalized spacial score (nSPS) is 21.0. The number of hydrogen-bond acceptors (Lipinski definition) is 8. The number of halogens is 4. The van der Waals surface area contributed by atoms with Crippen molar-refractivity contribution in [3.8, 4) is 12.1 Å². The van der Waals surface area contributed by atoms with Gasteiger partial charge in [-0.05, 0) is 60.9 Å². The van der Waals surface area contributed by atoms with E-state index in [2.05, 4.69) is 52.6 Å². The molecule has 2 saturated carbocycles. The Labute approximate surface area is 246 Å². The highest BCUT2D eigenvalue weighted by molar-refractivity contribution is 5.99. The number of anilines is 2. The van der Waals surface area contributed by atoms with Crippen molar-refractivity contribution >= 4 is 22.3 Å². The molecule has 2 aromatic carbocycles. The molecule has 0 bridgehead atoms. The number of aromatic nitrogens is 1. The molecule has 0 radical (unpaired) electrons. The third-order valence-corrected chi connectivity index (χ3v) is 8.91. The lowest BCUT2D eigenvalue weighted by Crippen LogP contribution is -2.52. The molecule has 2 atom stereocenters. The van der Waals surface area contributed by atoms with Crippen LogP contribution in [0.2, 0.25) is 0 Å².